The standard InChI is InChI=1S/C44H52FN5O5/c45-38-25-31(42-35(29-13-21-55-22-14-29)5-1-30-24-34(51)4-7-36(30)42)2-8-39(38)49-15-11-28(12-16-49)26-47-17-19-48(20-18-47)33-3-6-37-32(23-33)27-50(44(37)54)40-9-10-41(52)46-43(40)53/h2-4,6-8,23-25,28-29,35,40,42,51H,1,5,9-22,26-27H2,(H,46,52,53)/t35-,40?,42+/m1/s1. The van der Waals surface area contributed by atoms with E-state index in [1.165, 1.54) is 11.1 Å². The van der Waals surface area contributed by atoms with Crippen molar-refractivity contribution in [1.82, 2.24) is 15.1 Å². The minimum Gasteiger partial charge on any atom is -0.508 e. The van der Waals surface area contributed by atoms with Crippen LogP contribution in [0.1, 0.15) is 83.5 Å². The first-order chi connectivity index (χ1) is 26.8. The summed E-state index contributed by atoms with van der Waals surface area (Å²) in [5.74, 6) is 1.03. The largest absolute Gasteiger partial charge is 0.508 e. The van der Waals surface area contributed by atoms with E-state index in [1.807, 2.05) is 24.3 Å². The molecule has 0 bridgehead atoms. The fraction of sp³-hybridized carbons (Fsp3) is 0.523. The summed E-state index contributed by atoms with van der Waals surface area (Å²) < 4.78 is 21.8. The minimum absolute atomic E-state index is 0.115. The zero-order valence-electron chi connectivity index (χ0n) is 31.6. The molecule has 3 aromatic rings. The number of fused-ring (bicyclic) bond motifs is 2. The van der Waals surface area contributed by atoms with Gasteiger partial charge in [-0.25, -0.2) is 4.39 Å². The first kappa shape index (κ1) is 36.2. The van der Waals surface area contributed by atoms with Crippen LogP contribution in [0.4, 0.5) is 15.8 Å². The Morgan fingerprint density at radius 3 is 2.35 bits per heavy atom. The van der Waals surface area contributed by atoms with Crippen LogP contribution < -0.4 is 15.1 Å². The first-order valence-corrected chi connectivity index (χ1v) is 20.5. The van der Waals surface area contributed by atoms with Gasteiger partial charge in [0, 0.05) is 89.2 Å². The summed E-state index contributed by atoms with van der Waals surface area (Å²) >= 11 is 0. The molecular formula is C44H52FN5O5. The van der Waals surface area contributed by atoms with E-state index in [9.17, 15) is 19.5 Å². The Bertz CT molecular complexity index is 1950. The Kier molecular flexibility index (Phi) is 10.0. The van der Waals surface area contributed by atoms with Gasteiger partial charge in [0.05, 0.1) is 5.69 Å². The summed E-state index contributed by atoms with van der Waals surface area (Å²) in [6.07, 6.45) is 6.77. The van der Waals surface area contributed by atoms with Gasteiger partial charge in [-0.15, -0.1) is 0 Å². The zero-order chi connectivity index (χ0) is 37.6. The molecule has 3 atom stereocenters. The maximum absolute atomic E-state index is 16.1. The van der Waals surface area contributed by atoms with Crippen LogP contribution in [0.3, 0.4) is 0 Å². The van der Waals surface area contributed by atoms with Crippen LogP contribution in [0.2, 0.25) is 0 Å². The van der Waals surface area contributed by atoms with Crippen LogP contribution in [0, 0.1) is 23.6 Å². The average molecular weight is 750 g/mol. The molecule has 0 spiro atoms. The summed E-state index contributed by atoms with van der Waals surface area (Å²) in [5.41, 5.74) is 6.84. The number of imide groups is 1. The minimum atomic E-state index is -0.603. The van der Waals surface area contributed by atoms with Crippen molar-refractivity contribution in [2.75, 3.05) is 68.8 Å². The number of phenols is 1. The predicted octanol–water partition coefficient (Wildman–Crippen LogP) is 5.45. The summed E-state index contributed by atoms with van der Waals surface area (Å²) in [4.78, 5) is 46.0. The van der Waals surface area contributed by atoms with E-state index < -0.39 is 6.04 Å². The van der Waals surface area contributed by atoms with Gasteiger partial charge in [-0.2, -0.15) is 0 Å². The number of piperazine rings is 1. The van der Waals surface area contributed by atoms with Gasteiger partial charge in [0.2, 0.25) is 11.8 Å². The molecule has 5 aliphatic heterocycles. The summed E-state index contributed by atoms with van der Waals surface area (Å²) in [6, 6.07) is 17.1. The number of nitrogens with zero attached hydrogens (tertiary/aromatic N) is 4. The van der Waals surface area contributed by atoms with Crippen molar-refractivity contribution >= 4 is 29.1 Å². The highest BCUT2D eigenvalue weighted by Crippen LogP contribution is 2.48. The molecule has 1 aliphatic carbocycles. The Morgan fingerprint density at radius 2 is 1.58 bits per heavy atom. The van der Waals surface area contributed by atoms with Crippen molar-refractivity contribution in [3.05, 3.63) is 88.2 Å². The van der Waals surface area contributed by atoms with Gasteiger partial charge in [-0.1, -0.05) is 12.1 Å². The maximum atomic E-state index is 16.1. The van der Waals surface area contributed by atoms with Crippen LogP contribution in [-0.4, -0.2) is 97.7 Å². The quantitative estimate of drug-likeness (QED) is 0.308. The van der Waals surface area contributed by atoms with Gasteiger partial charge in [0.1, 0.15) is 17.6 Å². The van der Waals surface area contributed by atoms with Crippen molar-refractivity contribution in [1.29, 1.82) is 0 Å². The lowest BCUT2D eigenvalue weighted by Crippen LogP contribution is -2.52. The number of halogens is 1. The van der Waals surface area contributed by atoms with Crippen LogP contribution in [0.15, 0.2) is 54.6 Å². The number of aryl methyl sites for hydroxylation is 1. The molecule has 0 radical (unpaired) electrons. The number of aromatic hydroxyl groups is 1. The second-order valence-electron chi connectivity index (χ2n) is 16.7. The lowest BCUT2D eigenvalue weighted by molar-refractivity contribution is -0.136. The predicted molar refractivity (Wildman–Crippen MR) is 208 cm³/mol. The molecule has 3 amide bonds. The van der Waals surface area contributed by atoms with E-state index in [0.717, 1.165) is 114 Å². The van der Waals surface area contributed by atoms with Crippen LogP contribution in [-0.2, 0) is 27.3 Å². The highest BCUT2D eigenvalue weighted by molar-refractivity contribution is 6.05. The van der Waals surface area contributed by atoms with Gasteiger partial charge < -0.3 is 24.5 Å². The Morgan fingerprint density at radius 1 is 0.782 bits per heavy atom. The maximum Gasteiger partial charge on any atom is 0.255 e. The normalized spacial score (nSPS) is 25.6. The van der Waals surface area contributed by atoms with Crippen molar-refractivity contribution in [3.8, 4) is 5.75 Å². The lowest BCUT2D eigenvalue weighted by atomic mass is 9.65. The second-order valence-corrected chi connectivity index (χ2v) is 16.7. The van der Waals surface area contributed by atoms with Crippen molar-refractivity contribution in [3.63, 3.8) is 0 Å². The first-order valence-electron chi connectivity index (χ1n) is 20.5. The van der Waals surface area contributed by atoms with Crippen molar-refractivity contribution in [2.24, 2.45) is 17.8 Å². The van der Waals surface area contributed by atoms with Crippen LogP contribution >= 0.6 is 0 Å². The Balaban J connectivity index is 0.787. The SMILES string of the molecule is O=C1CCC(N2Cc3cc(N4CCN(CC5CCN(c6ccc([C@@H]7c8ccc(O)cc8CC[C@@H]7C7CCOCC7)cc6F)CC5)CC4)ccc3C2=O)C(=O)N1. The number of benzene rings is 3. The molecule has 55 heavy (non-hydrogen) atoms. The van der Waals surface area contributed by atoms with Gasteiger partial charge in [0.15, 0.2) is 0 Å². The van der Waals surface area contributed by atoms with E-state index >= 15 is 4.39 Å². The van der Waals surface area contributed by atoms with Gasteiger partial charge in [-0.3, -0.25) is 24.6 Å². The van der Waals surface area contributed by atoms with E-state index in [4.69, 9.17) is 4.74 Å². The summed E-state index contributed by atoms with van der Waals surface area (Å²) in [5, 5.41) is 12.6. The number of carbonyl (C=O) groups excluding carboxylic acids is 3. The molecule has 1 unspecified atom stereocenters. The molecule has 11 heteroatoms. The third-order valence-corrected chi connectivity index (χ3v) is 13.6. The van der Waals surface area contributed by atoms with Crippen LogP contribution in [0.25, 0.3) is 0 Å². The molecule has 0 saturated carbocycles. The number of phenolic OH excluding ortho intramolecular Hbond substituents is 1. The average Bonchev–Trinajstić information content (AvgIpc) is 3.53. The third-order valence-electron chi connectivity index (χ3n) is 13.6. The number of anilines is 2. The van der Waals surface area contributed by atoms with E-state index in [2.05, 4.69) is 38.2 Å². The molecule has 4 fully saturated rings. The molecule has 6 aliphatic rings. The highest BCUT2D eigenvalue weighted by atomic mass is 19.1. The fourth-order valence-corrected chi connectivity index (χ4v) is 10.6. The number of amides is 3. The second kappa shape index (κ2) is 15.2. The van der Waals surface area contributed by atoms with E-state index in [1.54, 1.807) is 17.0 Å². The number of ether oxygens (including phenoxy) is 1. The molecule has 290 valence electrons. The van der Waals surface area contributed by atoms with Gasteiger partial charge in [-0.05, 0) is 127 Å². The van der Waals surface area contributed by atoms with E-state index in [0.29, 0.717) is 47.7 Å². The number of rotatable bonds is 7. The lowest BCUT2D eigenvalue weighted by Gasteiger charge is -2.41. The monoisotopic (exact) mass is 749 g/mol. The Hall–Kier alpha value is -4.48. The van der Waals surface area contributed by atoms with Crippen LogP contribution in [0.5, 0.6) is 5.75 Å². The molecule has 9 rings (SSSR count). The molecule has 4 saturated heterocycles. The molecule has 3 aromatic carbocycles. The summed E-state index contributed by atoms with van der Waals surface area (Å²) in [6.45, 7) is 8.47. The molecule has 2 N–H and O–H groups in total. The van der Waals surface area contributed by atoms with Crippen molar-refractivity contribution < 1.29 is 28.6 Å². The summed E-state index contributed by atoms with van der Waals surface area (Å²) in [7, 11) is 0. The highest BCUT2D eigenvalue weighted by Gasteiger charge is 2.40. The number of hydrogen-bond donors (Lipinski definition) is 2. The molecule has 5 heterocycles. The number of hydrogen-bond acceptors (Lipinski definition) is 8. The molecular weight excluding hydrogens is 698 g/mol. The van der Waals surface area contributed by atoms with Crippen molar-refractivity contribution in [2.45, 2.75) is 69.9 Å². The zero-order valence-corrected chi connectivity index (χ0v) is 31.6. The fourth-order valence-electron chi connectivity index (χ4n) is 10.6. The molecule has 10 nitrogen and oxygen atoms in total. The topological polar surface area (TPSA) is 106 Å². The number of piperidine rings is 2. The van der Waals surface area contributed by atoms with E-state index in [-0.39, 0.29) is 35.9 Å². The van der Waals surface area contributed by atoms with Gasteiger partial charge >= 0.3 is 0 Å². The Labute approximate surface area is 322 Å². The third kappa shape index (κ3) is 7.21. The van der Waals surface area contributed by atoms with Gasteiger partial charge in [0.25, 0.3) is 5.91 Å². The smallest absolute Gasteiger partial charge is 0.255 e. The molecule has 0 aromatic heterocycles. The number of nitrogens with one attached hydrogen (secondary N) is 1. The number of carbonyl (C=O) groups is 3.